The predicted molar refractivity (Wildman–Crippen MR) is 59.6 cm³/mol. The van der Waals surface area contributed by atoms with Crippen LogP contribution in [-0.2, 0) is 4.74 Å². The van der Waals surface area contributed by atoms with Gasteiger partial charge in [0.15, 0.2) is 0 Å². The Morgan fingerprint density at radius 2 is 2.14 bits per heavy atom. The molecule has 1 aliphatic carbocycles. The SMILES string of the molecule is COCC(NCCCN(C)C)C1CC1. The summed E-state index contributed by atoms with van der Waals surface area (Å²) in [6, 6.07) is 0.599. The lowest BCUT2D eigenvalue weighted by Crippen LogP contribution is -2.36. The monoisotopic (exact) mass is 200 g/mol. The highest BCUT2D eigenvalue weighted by Crippen LogP contribution is 2.32. The molecule has 1 N–H and O–H groups in total. The standard InChI is InChI=1S/C11H24N2O/c1-13(2)8-4-7-12-11(9-14-3)10-5-6-10/h10-12H,4-9H2,1-3H3. The lowest BCUT2D eigenvalue weighted by Gasteiger charge is -2.18. The van der Waals surface area contributed by atoms with Crippen molar-refractivity contribution in [2.75, 3.05) is 40.9 Å². The van der Waals surface area contributed by atoms with E-state index in [9.17, 15) is 0 Å². The van der Waals surface area contributed by atoms with Crippen molar-refractivity contribution in [3.05, 3.63) is 0 Å². The van der Waals surface area contributed by atoms with Crippen LogP contribution in [0, 0.1) is 5.92 Å². The van der Waals surface area contributed by atoms with Crippen molar-refractivity contribution in [1.82, 2.24) is 10.2 Å². The number of hydrogen-bond donors (Lipinski definition) is 1. The Morgan fingerprint density at radius 1 is 1.43 bits per heavy atom. The van der Waals surface area contributed by atoms with E-state index in [1.54, 1.807) is 7.11 Å². The summed E-state index contributed by atoms with van der Waals surface area (Å²) in [5.74, 6) is 0.884. The molecule has 1 unspecified atom stereocenters. The van der Waals surface area contributed by atoms with E-state index < -0.39 is 0 Å². The smallest absolute Gasteiger partial charge is 0.0618 e. The van der Waals surface area contributed by atoms with Gasteiger partial charge in [-0.15, -0.1) is 0 Å². The van der Waals surface area contributed by atoms with Gasteiger partial charge in [-0.05, 0) is 52.4 Å². The fraction of sp³-hybridized carbons (Fsp3) is 1.00. The fourth-order valence-corrected chi connectivity index (χ4v) is 1.72. The van der Waals surface area contributed by atoms with Gasteiger partial charge in [-0.25, -0.2) is 0 Å². The molecular weight excluding hydrogens is 176 g/mol. The Labute approximate surface area is 87.8 Å². The molecule has 0 bridgehead atoms. The van der Waals surface area contributed by atoms with Gasteiger partial charge in [-0.2, -0.15) is 0 Å². The Kier molecular flexibility index (Phi) is 5.45. The highest BCUT2D eigenvalue weighted by molar-refractivity contribution is 4.86. The first-order valence-electron chi connectivity index (χ1n) is 5.61. The molecule has 0 amide bonds. The van der Waals surface area contributed by atoms with Crippen molar-refractivity contribution in [2.24, 2.45) is 5.92 Å². The number of nitrogens with zero attached hydrogens (tertiary/aromatic N) is 1. The van der Waals surface area contributed by atoms with E-state index in [0.29, 0.717) is 6.04 Å². The van der Waals surface area contributed by atoms with Crippen LogP contribution in [-0.4, -0.2) is 51.8 Å². The van der Waals surface area contributed by atoms with Gasteiger partial charge in [0, 0.05) is 13.2 Å². The molecule has 1 saturated carbocycles. The molecule has 0 aliphatic heterocycles. The van der Waals surface area contributed by atoms with Gasteiger partial charge in [0.1, 0.15) is 0 Å². The number of methoxy groups -OCH3 is 1. The topological polar surface area (TPSA) is 24.5 Å². The molecule has 0 aromatic rings. The molecule has 0 aromatic carbocycles. The molecule has 3 nitrogen and oxygen atoms in total. The van der Waals surface area contributed by atoms with E-state index >= 15 is 0 Å². The molecule has 3 heteroatoms. The van der Waals surface area contributed by atoms with Crippen LogP contribution in [0.15, 0.2) is 0 Å². The molecular formula is C11H24N2O. The van der Waals surface area contributed by atoms with E-state index in [1.807, 2.05) is 0 Å². The molecule has 0 spiro atoms. The molecule has 0 radical (unpaired) electrons. The van der Waals surface area contributed by atoms with Crippen molar-refractivity contribution < 1.29 is 4.74 Å². The van der Waals surface area contributed by atoms with E-state index in [0.717, 1.165) is 25.6 Å². The zero-order valence-electron chi connectivity index (χ0n) is 9.75. The minimum absolute atomic E-state index is 0.599. The summed E-state index contributed by atoms with van der Waals surface area (Å²) in [5, 5.41) is 3.59. The first-order chi connectivity index (χ1) is 6.74. The van der Waals surface area contributed by atoms with Crippen LogP contribution < -0.4 is 5.32 Å². The molecule has 1 fully saturated rings. The number of ether oxygens (including phenoxy) is 1. The lowest BCUT2D eigenvalue weighted by atomic mass is 10.2. The summed E-state index contributed by atoms with van der Waals surface area (Å²) >= 11 is 0. The molecule has 14 heavy (non-hydrogen) atoms. The van der Waals surface area contributed by atoms with Gasteiger partial charge in [-0.1, -0.05) is 0 Å². The van der Waals surface area contributed by atoms with E-state index in [-0.39, 0.29) is 0 Å². The summed E-state index contributed by atoms with van der Waals surface area (Å²) in [4.78, 5) is 2.23. The maximum absolute atomic E-state index is 5.21. The molecule has 1 atom stereocenters. The minimum atomic E-state index is 0.599. The molecule has 0 saturated heterocycles. The second-order valence-corrected chi connectivity index (χ2v) is 4.51. The zero-order valence-corrected chi connectivity index (χ0v) is 9.75. The van der Waals surface area contributed by atoms with Crippen molar-refractivity contribution in [3.8, 4) is 0 Å². The van der Waals surface area contributed by atoms with Gasteiger partial charge in [0.05, 0.1) is 6.61 Å². The zero-order chi connectivity index (χ0) is 10.4. The van der Waals surface area contributed by atoms with Crippen molar-refractivity contribution in [2.45, 2.75) is 25.3 Å². The predicted octanol–water partition coefficient (Wildman–Crippen LogP) is 0.953. The van der Waals surface area contributed by atoms with E-state index in [2.05, 4.69) is 24.3 Å². The normalized spacial score (nSPS) is 18.9. The minimum Gasteiger partial charge on any atom is -0.383 e. The van der Waals surface area contributed by atoms with Gasteiger partial charge in [0.2, 0.25) is 0 Å². The molecule has 1 aliphatic rings. The Hall–Kier alpha value is -0.120. The van der Waals surface area contributed by atoms with Gasteiger partial charge in [0.25, 0.3) is 0 Å². The molecule has 0 aromatic heterocycles. The number of hydrogen-bond acceptors (Lipinski definition) is 3. The maximum Gasteiger partial charge on any atom is 0.0618 e. The largest absolute Gasteiger partial charge is 0.383 e. The first kappa shape index (κ1) is 12.0. The van der Waals surface area contributed by atoms with Crippen molar-refractivity contribution >= 4 is 0 Å². The third-order valence-electron chi connectivity index (χ3n) is 2.73. The van der Waals surface area contributed by atoms with Crippen LogP contribution in [0.3, 0.4) is 0 Å². The molecule has 0 heterocycles. The molecule has 84 valence electrons. The van der Waals surface area contributed by atoms with Crippen LogP contribution in [0.5, 0.6) is 0 Å². The van der Waals surface area contributed by atoms with Crippen LogP contribution in [0.4, 0.5) is 0 Å². The fourth-order valence-electron chi connectivity index (χ4n) is 1.72. The number of nitrogens with one attached hydrogen (secondary N) is 1. The summed E-state index contributed by atoms with van der Waals surface area (Å²) in [6.45, 7) is 3.15. The quantitative estimate of drug-likeness (QED) is 0.591. The van der Waals surface area contributed by atoms with E-state index in [1.165, 1.54) is 19.3 Å². The average molecular weight is 200 g/mol. The summed E-state index contributed by atoms with van der Waals surface area (Å²) < 4.78 is 5.21. The Bertz CT molecular complexity index is 146. The number of rotatable bonds is 8. The highest BCUT2D eigenvalue weighted by atomic mass is 16.5. The van der Waals surface area contributed by atoms with Gasteiger partial charge in [-0.3, -0.25) is 0 Å². The highest BCUT2D eigenvalue weighted by Gasteiger charge is 2.30. The second-order valence-electron chi connectivity index (χ2n) is 4.51. The Morgan fingerprint density at radius 3 is 2.64 bits per heavy atom. The molecule has 1 rings (SSSR count). The third-order valence-corrected chi connectivity index (χ3v) is 2.73. The lowest BCUT2D eigenvalue weighted by molar-refractivity contribution is 0.157. The second kappa shape index (κ2) is 6.38. The average Bonchev–Trinajstić information content (AvgIpc) is 2.93. The third kappa shape index (κ3) is 4.94. The maximum atomic E-state index is 5.21. The van der Waals surface area contributed by atoms with Crippen molar-refractivity contribution in [1.29, 1.82) is 0 Å². The van der Waals surface area contributed by atoms with Crippen LogP contribution >= 0.6 is 0 Å². The summed E-state index contributed by atoms with van der Waals surface area (Å²) in [6.07, 6.45) is 3.99. The van der Waals surface area contributed by atoms with Crippen LogP contribution in [0.1, 0.15) is 19.3 Å². The van der Waals surface area contributed by atoms with Crippen LogP contribution in [0.25, 0.3) is 0 Å². The van der Waals surface area contributed by atoms with Crippen LogP contribution in [0.2, 0.25) is 0 Å². The summed E-state index contributed by atoms with van der Waals surface area (Å²) in [5.41, 5.74) is 0. The van der Waals surface area contributed by atoms with Crippen molar-refractivity contribution in [3.63, 3.8) is 0 Å². The Balaban J connectivity index is 2.01. The summed E-state index contributed by atoms with van der Waals surface area (Å²) in [7, 11) is 6.03. The van der Waals surface area contributed by atoms with E-state index in [4.69, 9.17) is 4.74 Å². The van der Waals surface area contributed by atoms with Gasteiger partial charge < -0.3 is 15.0 Å². The first-order valence-corrected chi connectivity index (χ1v) is 5.61. The van der Waals surface area contributed by atoms with Gasteiger partial charge >= 0.3 is 0 Å².